The fourth-order valence-corrected chi connectivity index (χ4v) is 7.56. The first kappa shape index (κ1) is 51.1. The number of aromatic nitrogens is 9. The summed E-state index contributed by atoms with van der Waals surface area (Å²) in [5.41, 5.74) is 3.23. The largest absolute Gasteiger partial charge is 0.476 e. The Morgan fingerprint density at radius 1 is 0.909 bits per heavy atom. The molecule has 17 nitrogen and oxygen atoms in total. The molecule has 0 amide bonds. The summed E-state index contributed by atoms with van der Waals surface area (Å²) in [4.78, 5) is 49.5. The van der Waals surface area contributed by atoms with Gasteiger partial charge in [0, 0.05) is 68.0 Å². The molecule has 0 spiro atoms. The smallest absolute Gasteiger partial charge is 0.356 e. The number of nitrogens with one attached hydrogen (secondary N) is 3. The van der Waals surface area contributed by atoms with E-state index in [2.05, 4.69) is 51.0 Å². The van der Waals surface area contributed by atoms with Gasteiger partial charge in [-0.15, -0.1) is 5.10 Å². The van der Waals surface area contributed by atoms with Gasteiger partial charge in [-0.05, 0) is 51.7 Å². The minimum atomic E-state index is -1.06. The molecule has 0 aromatic carbocycles. The van der Waals surface area contributed by atoms with Gasteiger partial charge in [0.15, 0.2) is 16.4 Å². The van der Waals surface area contributed by atoms with Crippen LogP contribution in [0.2, 0.25) is 15.1 Å². The van der Waals surface area contributed by atoms with Crippen LogP contribution in [0.15, 0.2) is 77.2 Å². The van der Waals surface area contributed by atoms with Crippen LogP contribution in [-0.2, 0) is 6.54 Å². The van der Waals surface area contributed by atoms with Crippen LogP contribution >= 0.6 is 58.8 Å². The van der Waals surface area contributed by atoms with Crippen molar-refractivity contribution in [3.8, 4) is 0 Å². The van der Waals surface area contributed by atoms with E-state index >= 15 is 0 Å². The minimum absolute atomic E-state index is 0. The predicted molar refractivity (Wildman–Crippen MR) is 264 cm³/mol. The monoisotopic (exact) mass is 1230 g/mol. The number of hydrogen-bond acceptors (Lipinski definition) is 14. The zero-order chi connectivity index (χ0) is 50.1. The van der Waals surface area contributed by atoms with E-state index < -0.39 is 13.1 Å². The van der Waals surface area contributed by atoms with Crippen LogP contribution in [0.3, 0.4) is 0 Å². The summed E-state index contributed by atoms with van der Waals surface area (Å²) >= 11 is 24.0. The van der Waals surface area contributed by atoms with Crippen molar-refractivity contribution in [3.63, 3.8) is 0 Å². The number of carboxylic acid groups (broad SMARTS) is 1. The molecule has 0 bridgehead atoms. The van der Waals surface area contributed by atoms with Gasteiger partial charge in [0.2, 0.25) is 5.95 Å². The van der Waals surface area contributed by atoms with Crippen molar-refractivity contribution in [2.45, 2.75) is 77.0 Å². The topological polar surface area (TPSA) is 220 Å². The molecule has 6 aromatic heterocycles. The van der Waals surface area contributed by atoms with Crippen molar-refractivity contribution in [1.82, 2.24) is 54.4 Å². The maximum atomic E-state index is 12.7. The molecule has 3 unspecified atom stereocenters. The number of nitrogens with two attached hydrogens (primary N) is 1. The summed E-state index contributed by atoms with van der Waals surface area (Å²) in [6.07, 6.45) is 11.8. The third kappa shape index (κ3) is 14.4. The number of fused-ring (bicyclic) bond motifs is 2. The number of hydrogen-bond donors (Lipinski definition) is 5. The van der Waals surface area contributed by atoms with Gasteiger partial charge < -0.3 is 26.9 Å². The minimum Gasteiger partial charge on any atom is -0.476 e. The van der Waals surface area contributed by atoms with Gasteiger partial charge in [-0.2, -0.15) is 0 Å². The molecule has 0 saturated carbocycles. The second-order valence-corrected chi connectivity index (χ2v) is 17.3. The van der Waals surface area contributed by atoms with Gasteiger partial charge in [0.1, 0.15) is 11.6 Å². The number of imidazole rings is 2. The average molecular weight is 1230 g/mol. The molecule has 9 heterocycles. The van der Waals surface area contributed by atoms with Crippen molar-refractivity contribution < 1.29 is 46.8 Å². The third-order valence-electron chi connectivity index (χ3n) is 9.65. The van der Waals surface area contributed by atoms with Crippen LogP contribution in [0, 0.1) is 31.1 Å². The molecule has 25 heteroatoms. The van der Waals surface area contributed by atoms with Crippen molar-refractivity contribution in [2.24, 2.45) is 4.99 Å². The molecule has 9 rings (SSSR count). The number of alkyl halides is 1. The Hall–Kier alpha value is -4.29. The number of carboxylic acids is 1. The first-order valence-electron chi connectivity index (χ1n) is 21.6. The zero-order valence-electron chi connectivity index (χ0n) is 39.5. The second kappa shape index (κ2) is 26.3. The van der Waals surface area contributed by atoms with Crippen LogP contribution in [0.1, 0.15) is 111 Å². The Balaban J connectivity index is 0.000000241. The molecular weight excluding hydrogens is 1170 g/mol. The molecule has 3 atom stereocenters. The van der Waals surface area contributed by atoms with Crippen LogP contribution in [0.5, 0.6) is 0 Å². The Bertz CT molecular complexity index is 2670. The van der Waals surface area contributed by atoms with E-state index in [0.717, 1.165) is 57.1 Å². The quantitative estimate of drug-likeness (QED) is 0.0651. The number of aromatic carboxylic acids is 1. The van der Waals surface area contributed by atoms with E-state index in [1.807, 2.05) is 64.3 Å². The van der Waals surface area contributed by atoms with Crippen LogP contribution in [0.25, 0.3) is 5.52 Å². The Labute approximate surface area is 435 Å². The Kier molecular flexibility index (Phi) is 20.4. The summed E-state index contributed by atoms with van der Waals surface area (Å²) in [7, 11) is -0.500. The molecule has 3 aliphatic heterocycles. The molecule has 0 aliphatic carbocycles. The number of nitrogen functional groups attached to an aromatic ring is 1. The number of rotatable bonds is 6. The van der Waals surface area contributed by atoms with E-state index in [4.69, 9.17) is 62.0 Å². The second-order valence-electron chi connectivity index (χ2n) is 14.7. The van der Waals surface area contributed by atoms with Gasteiger partial charge in [-0.25, -0.2) is 24.0 Å². The van der Waals surface area contributed by atoms with Gasteiger partial charge in [-0.3, -0.25) is 33.7 Å². The SMILES string of the molecule is CC(C)c1ncc(C(=O)O)n1N.CC(C)c1ncc2c(=O)n3c(nn12)NC(c1ccc(Cl)cn1)C3.CSC1=NCC(c2ccc(Cl)cn2)N1.S=C1CCC(c2ccc(Cl)cn2)N1.[2H]CF.[3H][B][3H].[U]. The molecule has 3 aliphatic rings. The van der Waals surface area contributed by atoms with Gasteiger partial charge in [-0.1, -0.05) is 86.5 Å². The van der Waals surface area contributed by atoms with E-state index in [1.165, 1.54) is 6.20 Å². The first-order chi connectivity index (χ1) is 32.5. The molecular formula is C41H50BCl3FN14O3S2U. The van der Waals surface area contributed by atoms with Crippen molar-refractivity contribution >= 4 is 94.7 Å². The Morgan fingerprint density at radius 2 is 1.44 bits per heavy atom. The molecule has 349 valence electrons. The number of aliphatic imine (C=N–C) groups is 1. The number of nitrogens with zero attached hydrogens (tertiary/aromatic N) is 10. The molecule has 1 fully saturated rings. The van der Waals surface area contributed by atoms with Gasteiger partial charge >= 0.3 is 5.97 Å². The summed E-state index contributed by atoms with van der Waals surface area (Å²) in [6.45, 7) is 9.08. The maximum Gasteiger partial charge on any atom is 0.356 e. The number of amidine groups is 1. The molecule has 1 saturated heterocycles. The number of thioether (sulfide) groups is 1. The fraction of sp³-hybridized carbons (Fsp3) is 0.366. The number of carbonyl (C=O) groups is 1. The maximum absolute atomic E-state index is 12.7. The third-order valence-corrected chi connectivity index (χ3v) is 11.3. The summed E-state index contributed by atoms with van der Waals surface area (Å²) in [5.74, 6) is 6.61. The van der Waals surface area contributed by atoms with E-state index in [9.17, 15) is 14.0 Å². The number of anilines is 1. The van der Waals surface area contributed by atoms with Crippen molar-refractivity contribution in [3.05, 3.63) is 127 Å². The van der Waals surface area contributed by atoms with E-state index in [-0.39, 0.29) is 72.3 Å². The molecule has 1 radical (unpaired) electrons. The summed E-state index contributed by atoms with van der Waals surface area (Å²) in [6, 6.07) is 11.6. The van der Waals surface area contributed by atoms with E-state index in [0.29, 0.717) is 47.2 Å². The number of pyridine rings is 3. The Morgan fingerprint density at radius 3 is 1.86 bits per heavy atom. The summed E-state index contributed by atoms with van der Waals surface area (Å²) in [5, 5.41) is 25.8. The first-order valence-corrected chi connectivity index (χ1v) is 22.5. The van der Waals surface area contributed by atoms with Crippen LogP contribution in [-0.4, -0.2) is 96.0 Å². The van der Waals surface area contributed by atoms with Crippen LogP contribution < -0.4 is 27.4 Å². The van der Waals surface area contributed by atoms with E-state index in [1.54, 1.807) is 51.7 Å². The number of thiocarbonyl (C=S) groups is 1. The van der Waals surface area contributed by atoms with Gasteiger partial charge in [0.05, 0.1) is 97.6 Å². The van der Waals surface area contributed by atoms with Gasteiger partial charge in [0.25, 0.3) is 5.56 Å². The average Bonchev–Trinajstić information content (AvgIpc) is 4.17. The van der Waals surface area contributed by atoms with Crippen LogP contribution in [0.4, 0.5) is 10.3 Å². The number of halogens is 4. The van der Waals surface area contributed by atoms with Crippen molar-refractivity contribution in [1.29, 1.82) is 2.67 Å². The summed E-state index contributed by atoms with van der Waals surface area (Å²) < 4.78 is 31.4. The predicted octanol–water partition coefficient (Wildman–Crippen LogP) is 6.90. The van der Waals surface area contributed by atoms with Crippen molar-refractivity contribution in [2.75, 3.05) is 31.1 Å². The zero-order valence-corrected chi connectivity index (χ0v) is 44.6. The molecule has 6 aromatic rings. The standard InChI is InChI=1S/C15H15ClN6O.C9H10ClN3S.C9H9ClN2S.C7H11N3O2.CH3F.BH2.U/c1-8(2)13-18-6-12-14(23)21-7-11(19-15(21)20-22(12)13)10-4-3-9(16)5-17-10;1-14-9-12-5-8(13-9)7-3-2-6(10)4-11-7;10-6-1-2-7(11-5-6)8-3-4-9(13)12-8;1-4(2)6-9-3-5(7(11)12)10(6)8;1-2;;/h3-6,8,11H,7H2,1-2H3,(H,19,20);2-4,8H,5H2,1H3,(H,12,13);1-2,5,8H,3-4H2,(H,12,13);3-4H,8H2,1-2H3,(H,11,12);1H3;1H2;/i;;;;1D;1T2;. The normalized spacial score (nSPS) is 16.9. The molecule has 6 N–H and O–H groups in total. The fourth-order valence-electron chi connectivity index (χ4n) is 6.50. The molecule has 66 heavy (non-hydrogen) atoms.